The Bertz CT molecular complexity index is 591. The molecule has 1 saturated heterocycles. The summed E-state index contributed by atoms with van der Waals surface area (Å²) < 4.78 is 27.0. The zero-order chi connectivity index (χ0) is 14.9. The average Bonchev–Trinajstić information content (AvgIpc) is 2.43. The lowest BCUT2D eigenvalue weighted by molar-refractivity contribution is 0.170. The van der Waals surface area contributed by atoms with Crippen molar-refractivity contribution in [3.05, 3.63) is 23.3 Å². The van der Waals surface area contributed by atoms with Crippen molar-refractivity contribution in [1.29, 1.82) is 0 Å². The summed E-state index contributed by atoms with van der Waals surface area (Å²) in [6.45, 7) is 4.69. The van der Waals surface area contributed by atoms with Crippen molar-refractivity contribution in [2.45, 2.75) is 31.6 Å². The Morgan fingerprint density at radius 1 is 1.30 bits per heavy atom. The van der Waals surface area contributed by atoms with Crippen molar-refractivity contribution in [3.8, 4) is 0 Å². The molecular formula is C14H22N2O3S. The van der Waals surface area contributed by atoms with Crippen molar-refractivity contribution in [2.24, 2.45) is 5.92 Å². The maximum absolute atomic E-state index is 12.8. The van der Waals surface area contributed by atoms with Crippen LogP contribution < -0.4 is 5.73 Å². The van der Waals surface area contributed by atoms with Crippen LogP contribution in [0.3, 0.4) is 0 Å². The predicted molar refractivity (Wildman–Crippen MR) is 78.9 cm³/mol. The van der Waals surface area contributed by atoms with Gasteiger partial charge in [0.25, 0.3) is 0 Å². The summed E-state index contributed by atoms with van der Waals surface area (Å²) in [5, 5.41) is 9.13. The molecule has 0 atom stereocenters. The monoisotopic (exact) mass is 298 g/mol. The molecule has 5 nitrogen and oxygen atoms in total. The summed E-state index contributed by atoms with van der Waals surface area (Å²) in [6, 6.07) is 3.48. The Morgan fingerprint density at radius 3 is 2.45 bits per heavy atom. The molecule has 0 bridgehead atoms. The Morgan fingerprint density at radius 2 is 1.90 bits per heavy atom. The number of anilines is 1. The summed E-state index contributed by atoms with van der Waals surface area (Å²) in [4.78, 5) is 0.236. The molecule has 0 aliphatic carbocycles. The van der Waals surface area contributed by atoms with E-state index in [-0.39, 0.29) is 17.4 Å². The standard InChI is InChI=1S/C14H22N2O3S/c1-10-3-4-13(15)14(11(10)2)20(18,19)16-7-5-12(9-17)6-8-16/h3-4,12,17H,5-9,15H2,1-2H3. The third kappa shape index (κ3) is 2.68. The van der Waals surface area contributed by atoms with E-state index in [4.69, 9.17) is 10.8 Å². The first-order chi connectivity index (χ1) is 9.37. The van der Waals surface area contributed by atoms with Crippen molar-refractivity contribution >= 4 is 15.7 Å². The van der Waals surface area contributed by atoms with Gasteiger partial charge >= 0.3 is 0 Å². The second kappa shape index (κ2) is 5.71. The minimum Gasteiger partial charge on any atom is -0.398 e. The van der Waals surface area contributed by atoms with Gasteiger partial charge in [0, 0.05) is 19.7 Å². The van der Waals surface area contributed by atoms with Gasteiger partial charge in [-0.2, -0.15) is 4.31 Å². The van der Waals surface area contributed by atoms with Crippen LogP contribution in [0.1, 0.15) is 24.0 Å². The number of aliphatic hydroxyl groups is 1. The second-order valence-corrected chi connectivity index (χ2v) is 7.33. The molecule has 0 spiro atoms. The number of aryl methyl sites for hydroxylation is 1. The van der Waals surface area contributed by atoms with E-state index in [1.807, 2.05) is 13.0 Å². The van der Waals surface area contributed by atoms with Crippen LogP contribution in [0, 0.1) is 19.8 Å². The fraction of sp³-hybridized carbons (Fsp3) is 0.571. The largest absolute Gasteiger partial charge is 0.398 e. The number of aliphatic hydroxyl groups excluding tert-OH is 1. The molecule has 20 heavy (non-hydrogen) atoms. The zero-order valence-electron chi connectivity index (χ0n) is 12.0. The molecule has 0 saturated carbocycles. The van der Waals surface area contributed by atoms with Crippen molar-refractivity contribution < 1.29 is 13.5 Å². The zero-order valence-corrected chi connectivity index (χ0v) is 12.8. The number of nitrogens with zero attached hydrogens (tertiary/aromatic N) is 1. The molecule has 112 valence electrons. The molecule has 1 aliphatic heterocycles. The molecule has 1 aromatic carbocycles. The molecule has 3 N–H and O–H groups in total. The number of rotatable bonds is 3. The Balaban J connectivity index is 2.35. The van der Waals surface area contributed by atoms with Crippen LogP contribution >= 0.6 is 0 Å². The van der Waals surface area contributed by atoms with E-state index >= 15 is 0 Å². The van der Waals surface area contributed by atoms with Crippen molar-refractivity contribution in [3.63, 3.8) is 0 Å². The minimum absolute atomic E-state index is 0.125. The first-order valence-corrected chi connectivity index (χ1v) is 8.28. The molecule has 1 fully saturated rings. The normalized spacial score (nSPS) is 18.4. The minimum atomic E-state index is -3.55. The quantitative estimate of drug-likeness (QED) is 0.823. The number of piperidine rings is 1. The average molecular weight is 298 g/mol. The fourth-order valence-corrected chi connectivity index (χ4v) is 4.48. The highest BCUT2D eigenvalue weighted by Crippen LogP contribution is 2.30. The van der Waals surface area contributed by atoms with Crippen LogP contribution in [0.25, 0.3) is 0 Å². The van der Waals surface area contributed by atoms with E-state index < -0.39 is 10.0 Å². The van der Waals surface area contributed by atoms with Crippen LogP contribution in [0.5, 0.6) is 0 Å². The van der Waals surface area contributed by atoms with E-state index in [0.29, 0.717) is 37.2 Å². The van der Waals surface area contributed by atoms with Gasteiger partial charge in [-0.25, -0.2) is 8.42 Å². The molecule has 0 radical (unpaired) electrons. The molecule has 0 aromatic heterocycles. The second-order valence-electron chi connectivity index (χ2n) is 5.46. The van der Waals surface area contributed by atoms with Crippen molar-refractivity contribution in [1.82, 2.24) is 4.31 Å². The first-order valence-electron chi connectivity index (χ1n) is 6.84. The van der Waals surface area contributed by atoms with E-state index in [0.717, 1.165) is 5.56 Å². The molecular weight excluding hydrogens is 276 g/mol. The SMILES string of the molecule is Cc1ccc(N)c(S(=O)(=O)N2CCC(CO)CC2)c1C. The lowest BCUT2D eigenvalue weighted by Crippen LogP contribution is -2.39. The molecule has 1 heterocycles. The molecule has 0 amide bonds. The van der Waals surface area contributed by atoms with Gasteiger partial charge in [0.15, 0.2) is 0 Å². The topological polar surface area (TPSA) is 83.6 Å². The Hall–Kier alpha value is -1.11. The molecule has 0 unspecified atom stereocenters. The molecule has 1 aromatic rings. The summed E-state index contributed by atoms with van der Waals surface area (Å²) in [7, 11) is -3.55. The summed E-state index contributed by atoms with van der Waals surface area (Å²) in [6.07, 6.45) is 1.39. The van der Waals surface area contributed by atoms with Crippen LogP contribution in [0.15, 0.2) is 17.0 Å². The fourth-order valence-electron chi connectivity index (χ4n) is 2.61. The molecule has 6 heteroatoms. The number of hydrogen-bond donors (Lipinski definition) is 2. The number of benzene rings is 1. The van der Waals surface area contributed by atoms with Gasteiger partial charge < -0.3 is 10.8 Å². The van der Waals surface area contributed by atoms with Gasteiger partial charge in [0.1, 0.15) is 4.90 Å². The number of nitrogens with two attached hydrogens (primary N) is 1. The van der Waals surface area contributed by atoms with Crippen LogP contribution in [-0.2, 0) is 10.0 Å². The van der Waals surface area contributed by atoms with E-state index in [1.54, 1.807) is 13.0 Å². The Kier molecular flexibility index (Phi) is 4.36. The highest BCUT2D eigenvalue weighted by Gasteiger charge is 2.31. The predicted octanol–water partition coefficient (Wildman–Crippen LogP) is 1.28. The van der Waals surface area contributed by atoms with Gasteiger partial charge in [-0.3, -0.25) is 0 Å². The van der Waals surface area contributed by atoms with E-state index in [2.05, 4.69) is 0 Å². The molecule has 1 aliphatic rings. The van der Waals surface area contributed by atoms with Crippen LogP contribution in [-0.4, -0.2) is 37.5 Å². The van der Waals surface area contributed by atoms with Gasteiger partial charge in [0.05, 0.1) is 5.69 Å². The van der Waals surface area contributed by atoms with Crippen LogP contribution in [0.2, 0.25) is 0 Å². The third-order valence-corrected chi connectivity index (χ3v) is 6.24. The van der Waals surface area contributed by atoms with Crippen molar-refractivity contribution in [2.75, 3.05) is 25.4 Å². The van der Waals surface area contributed by atoms with Gasteiger partial charge in [0.2, 0.25) is 10.0 Å². The lowest BCUT2D eigenvalue weighted by Gasteiger charge is -2.31. The lowest BCUT2D eigenvalue weighted by atomic mass is 10.00. The molecule has 2 rings (SSSR count). The number of nitrogen functional groups attached to an aromatic ring is 1. The van der Waals surface area contributed by atoms with Gasteiger partial charge in [-0.1, -0.05) is 6.07 Å². The van der Waals surface area contributed by atoms with E-state index in [1.165, 1.54) is 4.31 Å². The maximum Gasteiger partial charge on any atom is 0.245 e. The third-order valence-electron chi connectivity index (χ3n) is 4.14. The van der Waals surface area contributed by atoms with Gasteiger partial charge in [-0.15, -0.1) is 0 Å². The highest BCUT2D eigenvalue weighted by molar-refractivity contribution is 7.89. The summed E-state index contributed by atoms with van der Waals surface area (Å²) in [5.74, 6) is 0.206. The van der Waals surface area contributed by atoms with E-state index in [9.17, 15) is 8.42 Å². The van der Waals surface area contributed by atoms with Gasteiger partial charge in [-0.05, 0) is 49.8 Å². The Labute approximate surface area is 120 Å². The van der Waals surface area contributed by atoms with Crippen LogP contribution in [0.4, 0.5) is 5.69 Å². The number of hydrogen-bond acceptors (Lipinski definition) is 4. The number of sulfonamides is 1. The highest BCUT2D eigenvalue weighted by atomic mass is 32.2. The smallest absolute Gasteiger partial charge is 0.245 e. The maximum atomic E-state index is 12.8. The summed E-state index contributed by atoms with van der Waals surface area (Å²) in [5.41, 5.74) is 7.83. The first kappa shape index (κ1) is 15.3. The summed E-state index contributed by atoms with van der Waals surface area (Å²) >= 11 is 0.